The summed E-state index contributed by atoms with van der Waals surface area (Å²) in [5, 5.41) is 14.0. The molecule has 1 aliphatic heterocycles. The van der Waals surface area contributed by atoms with Crippen LogP contribution in [-0.2, 0) is 11.2 Å². The molecule has 2 atom stereocenters. The third-order valence-corrected chi connectivity index (χ3v) is 4.74. The summed E-state index contributed by atoms with van der Waals surface area (Å²) in [7, 11) is 0. The molecule has 0 saturated carbocycles. The Bertz CT molecular complexity index is 932. The molecule has 5 heteroatoms. The molecule has 2 heterocycles. The van der Waals surface area contributed by atoms with Crippen molar-refractivity contribution in [3.63, 3.8) is 0 Å². The number of nitrogens with one attached hydrogen (secondary N) is 2. The minimum atomic E-state index is -0.838. The Balaban J connectivity index is 1.90. The van der Waals surface area contributed by atoms with Crippen molar-refractivity contribution in [2.24, 2.45) is 0 Å². The van der Waals surface area contributed by atoms with E-state index < -0.39 is 12.0 Å². The molecule has 3 aromatic rings. The van der Waals surface area contributed by atoms with Gasteiger partial charge in [-0.2, -0.15) is 0 Å². The third-order valence-electron chi connectivity index (χ3n) is 4.74. The topological polar surface area (TPSA) is 74.3 Å². The Morgan fingerprint density at radius 2 is 1.96 bits per heavy atom. The van der Waals surface area contributed by atoms with E-state index in [-0.39, 0.29) is 6.04 Å². The van der Waals surface area contributed by atoms with Crippen molar-refractivity contribution in [2.45, 2.75) is 25.4 Å². The van der Waals surface area contributed by atoms with E-state index in [0.29, 0.717) is 13.0 Å². The number of aromatic amines is 1. The fraction of sp³-hybridized carbons (Fsp3) is 0.250. The number of ether oxygens (including phenoxy) is 1. The van der Waals surface area contributed by atoms with E-state index in [9.17, 15) is 9.90 Å². The average Bonchev–Trinajstić information content (AvgIpc) is 3.00. The fourth-order valence-electron chi connectivity index (χ4n) is 3.64. The highest BCUT2D eigenvalue weighted by molar-refractivity contribution is 5.87. The van der Waals surface area contributed by atoms with Crippen LogP contribution in [0.4, 0.5) is 0 Å². The summed E-state index contributed by atoms with van der Waals surface area (Å²) < 4.78 is 5.77. The predicted octanol–water partition coefficient (Wildman–Crippen LogP) is 3.25. The van der Waals surface area contributed by atoms with E-state index in [4.69, 9.17) is 4.74 Å². The normalized spacial score (nSPS) is 19.6. The second-order valence-corrected chi connectivity index (χ2v) is 6.23. The molecule has 5 nitrogen and oxygen atoms in total. The van der Waals surface area contributed by atoms with Gasteiger partial charge in [-0.25, -0.2) is 0 Å². The number of H-pyrrole nitrogens is 1. The minimum absolute atomic E-state index is 0.250. The molecule has 0 amide bonds. The number of aliphatic carboxylic acids is 1. The average molecular weight is 336 g/mol. The summed E-state index contributed by atoms with van der Waals surface area (Å²) in [6.07, 6.45) is 0.460. The Morgan fingerprint density at radius 3 is 2.76 bits per heavy atom. The lowest BCUT2D eigenvalue weighted by Crippen LogP contribution is -2.45. The summed E-state index contributed by atoms with van der Waals surface area (Å²) in [4.78, 5) is 15.2. The molecule has 128 valence electrons. The molecular formula is C20H20N2O3. The second kappa shape index (κ2) is 6.26. The SMILES string of the molecule is CCOc1ccccc1C1NC(C(=O)O)Cc2c1[nH]c1ccccc21. The Kier molecular flexibility index (Phi) is 3.93. The number of fused-ring (bicyclic) bond motifs is 3. The molecule has 0 spiro atoms. The quantitative estimate of drug-likeness (QED) is 0.684. The van der Waals surface area contributed by atoms with E-state index in [1.165, 1.54) is 0 Å². The molecule has 0 saturated heterocycles. The zero-order chi connectivity index (χ0) is 17.4. The van der Waals surface area contributed by atoms with Crippen LogP contribution in [0.1, 0.15) is 29.8 Å². The molecule has 25 heavy (non-hydrogen) atoms. The van der Waals surface area contributed by atoms with Gasteiger partial charge in [0.15, 0.2) is 0 Å². The number of hydrogen-bond acceptors (Lipinski definition) is 3. The highest BCUT2D eigenvalue weighted by Gasteiger charge is 2.34. The molecule has 1 aromatic heterocycles. The van der Waals surface area contributed by atoms with Crippen LogP contribution < -0.4 is 10.1 Å². The van der Waals surface area contributed by atoms with Crippen molar-refractivity contribution in [1.29, 1.82) is 0 Å². The van der Waals surface area contributed by atoms with E-state index >= 15 is 0 Å². The standard InChI is InChI=1S/C20H20N2O3/c1-2-25-17-10-6-4-8-13(17)18-19-14(11-16(22-18)20(23)24)12-7-3-5-9-15(12)21-19/h3-10,16,18,21-22H,2,11H2,1H3,(H,23,24). The lowest BCUT2D eigenvalue weighted by atomic mass is 9.90. The number of rotatable bonds is 4. The van der Waals surface area contributed by atoms with Crippen molar-refractivity contribution in [2.75, 3.05) is 6.61 Å². The van der Waals surface area contributed by atoms with Crippen LogP contribution in [0.25, 0.3) is 10.9 Å². The molecule has 0 aliphatic carbocycles. The Hall–Kier alpha value is -2.79. The Morgan fingerprint density at radius 1 is 1.20 bits per heavy atom. The second-order valence-electron chi connectivity index (χ2n) is 6.23. The maximum atomic E-state index is 11.7. The maximum absolute atomic E-state index is 11.7. The number of carbonyl (C=O) groups is 1. The van der Waals surface area contributed by atoms with Gasteiger partial charge in [-0.05, 0) is 24.6 Å². The van der Waals surface area contributed by atoms with Gasteiger partial charge in [0, 0.05) is 28.6 Å². The van der Waals surface area contributed by atoms with Crippen molar-refractivity contribution in [3.05, 3.63) is 65.4 Å². The van der Waals surface area contributed by atoms with Gasteiger partial charge >= 0.3 is 5.97 Å². The van der Waals surface area contributed by atoms with Gasteiger partial charge in [-0.1, -0.05) is 36.4 Å². The van der Waals surface area contributed by atoms with Crippen molar-refractivity contribution in [3.8, 4) is 5.75 Å². The largest absolute Gasteiger partial charge is 0.494 e. The highest BCUT2D eigenvalue weighted by Crippen LogP contribution is 2.38. The summed E-state index contributed by atoms with van der Waals surface area (Å²) in [5.74, 6) is -0.0621. The summed E-state index contributed by atoms with van der Waals surface area (Å²) >= 11 is 0. The number of carboxylic acids is 1. The molecule has 4 rings (SSSR count). The highest BCUT2D eigenvalue weighted by atomic mass is 16.5. The van der Waals surface area contributed by atoms with Crippen LogP contribution in [0.5, 0.6) is 5.75 Å². The smallest absolute Gasteiger partial charge is 0.321 e. The zero-order valence-corrected chi connectivity index (χ0v) is 14.0. The number of hydrogen-bond donors (Lipinski definition) is 3. The lowest BCUT2D eigenvalue weighted by molar-refractivity contribution is -0.139. The van der Waals surface area contributed by atoms with E-state index in [2.05, 4.69) is 10.3 Å². The van der Waals surface area contributed by atoms with Crippen LogP contribution >= 0.6 is 0 Å². The first-order valence-corrected chi connectivity index (χ1v) is 8.49. The first-order chi connectivity index (χ1) is 12.2. The molecule has 0 fully saturated rings. The van der Waals surface area contributed by atoms with E-state index in [1.54, 1.807) is 0 Å². The van der Waals surface area contributed by atoms with Crippen LogP contribution in [0.3, 0.4) is 0 Å². The first-order valence-electron chi connectivity index (χ1n) is 8.49. The van der Waals surface area contributed by atoms with Gasteiger partial charge in [-0.15, -0.1) is 0 Å². The fourth-order valence-corrected chi connectivity index (χ4v) is 3.64. The number of benzene rings is 2. The summed E-state index contributed by atoms with van der Waals surface area (Å²) in [6, 6.07) is 14.9. The number of carboxylic acid groups (broad SMARTS) is 1. The van der Waals surface area contributed by atoms with Crippen LogP contribution in [0.2, 0.25) is 0 Å². The lowest BCUT2D eigenvalue weighted by Gasteiger charge is -2.30. The maximum Gasteiger partial charge on any atom is 0.321 e. The first kappa shape index (κ1) is 15.7. The van der Waals surface area contributed by atoms with Crippen LogP contribution in [0, 0.1) is 0 Å². The number of aromatic nitrogens is 1. The van der Waals surface area contributed by atoms with Gasteiger partial charge in [0.1, 0.15) is 11.8 Å². The van der Waals surface area contributed by atoms with E-state index in [1.807, 2.05) is 55.5 Å². The molecule has 2 aromatic carbocycles. The zero-order valence-electron chi connectivity index (χ0n) is 14.0. The van der Waals surface area contributed by atoms with E-state index in [0.717, 1.165) is 33.5 Å². The van der Waals surface area contributed by atoms with Gasteiger partial charge in [-0.3, -0.25) is 10.1 Å². The summed E-state index contributed by atoms with van der Waals surface area (Å²) in [5.41, 5.74) is 4.06. The van der Waals surface area contributed by atoms with Crippen molar-refractivity contribution < 1.29 is 14.6 Å². The monoisotopic (exact) mass is 336 g/mol. The Labute approximate surface area is 145 Å². The molecule has 0 radical (unpaired) electrons. The third kappa shape index (κ3) is 2.66. The minimum Gasteiger partial charge on any atom is -0.494 e. The van der Waals surface area contributed by atoms with Gasteiger partial charge in [0.05, 0.1) is 12.6 Å². The van der Waals surface area contributed by atoms with Crippen molar-refractivity contribution in [1.82, 2.24) is 10.3 Å². The van der Waals surface area contributed by atoms with Gasteiger partial charge < -0.3 is 14.8 Å². The van der Waals surface area contributed by atoms with Gasteiger partial charge in [0.2, 0.25) is 0 Å². The molecule has 1 aliphatic rings. The molecule has 2 unspecified atom stereocenters. The number of para-hydroxylation sites is 2. The molecular weight excluding hydrogens is 316 g/mol. The molecule has 0 bridgehead atoms. The predicted molar refractivity (Wildman–Crippen MR) is 96.0 cm³/mol. The molecule has 3 N–H and O–H groups in total. The van der Waals surface area contributed by atoms with Gasteiger partial charge in [0.25, 0.3) is 0 Å². The summed E-state index contributed by atoms with van der Waals surface area (Å²) in [6.45, 7) is 2.51. The van der Waals surface area contributed by atoms with Crippen LogP contribution in [0.15, 0.2) is 48.5 Å². The van der Waals surface area contributed by atoms with Crippen LogP contribution in [-0.4, -0.2) is 28.7 Å². The van der Waals surface area contributed by atoms with Crippen molar-refractivity contribution >= 4 is 16.9 Å².